The number of aromatic nitrogens is 3. The molecule has 1 aliphatic rings. The average Bonchev–Trinajstić information content (AvgIpc) is 2.63. The molecule has 0 spiro atoms. The standard InChI is InChI=1S/C14H24ClN3/c1-10-5-6-11(12(15)7-10)14(2,3)8-13-16-9-17-18(13)4/h9-12H,5-8H2,1-4H3. The molecule has 1 aromatic heterocycles. The third-order valence-electron chi connectivity index (χ3n) is 4.46. The summed E-state index contributed by atoms with van der Waals surface area (Å²) in [6, 6.07) is 0. The number of hydrogen-bond donors (Lipinski definition) is 0. The highest BCUT2D eigenvalue weighted by Gasteiger charge is 2.38. The zero-order valence-electron chi connectivity index (χ0n) is 11.9. The second-order valence-electron chi connectivity index (χ2n) is 6.51. The minimum absolute atomic E-state index is 0.188. The minimum Gasteiger partial charge on any atom is -0.253 e. The molecule has 0 bridgehead atoms. The molecule has 1 aliphatic carbocycles. The van der Waals surface area contributed by atoms with Crippen LogP contribution in [0, 0.1) is 17.3 Å². The van der Waals surface area contributed by atoms with Crippen LogP contribution in [-0.2, 0) is 13.5 Å². The summed E-state index contributed by atoms with van der Waals surface area (Å²) in [5.41, 5.74) is 0.188. The van der Waals surface area contributed by atoms with Crippen LogP contribution in [0.15, 0.2) is 6.33 Å². The van der Waals surface area contributed by atoms with E-state index in [9.17, 15) is 0 Å². The summed E-state index contributed by atoms with van der Waals surface area (Å²) in [5.74, 6) is 2.41. The molecule has 2 rings (SSSR count). The number of rotatable bonds is 3. The monoisotopic (exact) mass is 269 g/mol. The SMILES string of the molecule is CC1CCC(C(C)(C)Cc2ncnn2C)C(Cl)C1. The maximum Gasteiger partial charge on any atom is 0.138 e. The lowest BCUT2D eigenvalue weighted by atomic mass is 9.67. The highest BCUT2D eigenvalue weighted by molar-refractivity contribution is 6.20. The Balaban J connectivity index is 2.08. The van der Waals surface area contributed by atoms with Gasteiger partial charge in [-0.1, -0.05) is 27.2 Å². The van der Waals surface area contributed by atoms with Crippen LogP contribution in [0.3, 0.4) is 0 Å². The van der Waals surface area contributed by atoms with Gasteiger partial charge in [-0.3, -0.25) is 4.68 Å². The lowest BCUT2D eigenvalue weighted by Crippen LogP contribution is -2.37. The molecule has 0 N–H and O–H groups in total. The Kier molecular flexibility index (Phi) is 4.00. The Hall–Kier alpha value is -0.570. The van der Waals surface area contributed by atoms with Crippen molar-refractivity contribution >= 4 is 11.6 Å². The molecule has 0 aliphatic heterocycles. The second-order valence-corrected chi connectivity index (χ2v) is 7.07. The van der Waals surface area contributed by atoms with Crippen molar-refractivity contribution in [2.75, 3.05) is 0 Å². The maximum absolute atomic E-state index is 6.60. The van der Waals surface area contributed by atoms with Gasteiger partial charge in [0.05, 0.1) is 0 Å². The van der Waals surface area contributed by atoms with Gasteiger partial charge in [0.25, 0.3) is 0 Å². The van der Waals surface area contributed by atoms with E-state index in [0.29, 0.717) is 11.3 Å². The van der Waals surface area contributed by atoms with Gasteiger partial charge in [-0.05, 0) is 30.1 Å². The van der Waals surface area contributed by atoms with Crippen molar-refractivity contribution in [3.8, 4) is 0 Å². The van der Waals surface area contributed by atoms with Crippen molar-refractivity contribution in [1.82, 2.24) is 14.8 Å². The molecule has 1 saturated carbocycles. The highest BCUT2D eigenvalue weighted by Crippen LogP contribution is 2.44. The fraction of sp³-hybridized carbons (Fsp3) is 0.857. The van der Waals surface area contributed by atoms with Crippen molar-refractivity contribution < 1.29 is 0 Å². The number of nitrogens with zero attached hydrogens (tertiary/aromatic N) is 3. The van der Waals surface area contributed by atoms with Crippen LogP contribution in [0.1, 0.15) is 45.9 Å². The summed E-state index contributed by atoms with van der Waals surface area (Å²) in [4.78, 5) is 4.34. The van der Waals surface area contributed by atoms with Crippen molar-refractivity contribution in [2.45, 2.75) is 51.8 Å². The van der Waals surface area contributed by atoms with Gasteiger partial charge in [0.15, 0.2) is 0 Å². The molecule has 3 unspecified atom stereocenters. The van der Waals surface area contributed by atoms with Crippen LogP contribution in [0.4, 0.5) is 0 Å². The van der Waals surface area contributed by atoms with Crippen LogP contribution in [0.2, 0.25) is 0 Å². The van der Waals surface area contributed by atoms with Crippen molar-refractivity contribution in [2.24, 2.45) is 24.3 Å². The molecule has 4 heteroatoms. The summed E-state index contributed by atoms with van der Waals surface area (Å²) in [5, 5.41) is 4.45. The van der Waals surface area contributed by atoms with E-state index in [1.807, 2.05) is 11.7 Å². The van der Waals surface area contributed by atoms with Crippen LogP contribution in [0.25, 0.3) is 0 Å². The lowest BCUT2D eigenvalue weighted by molar-refractivity contribution is 0.138. The van der Waals surface area contributed by atoms with Crippen LogP contribution >= 0.6 is 11.6 Å². The van der Waals surface area contributed by atoms with E-state index >= 15 is 0 Å². The normalized spacial score (nSPS) is 29.5. The van der Waals surface area contributed by atoms with Gasteiger partial charge in [-0.2, -0.15) is 5.10 Å². The molecule has 0 radical (unpaired) electrons. The summed E-state index contributed by atoms with van der Waals surface area (Å²) in [6.45, 7) is 6.94. The Morgan fingerprint density at radius 3 is 2.72 bits per heavy atom. The summed E-state index contributed by atoms with van der Waals surface area (Å²) >= 11 is 6.60. The number of halogens is 1. The first kappa shape index (κ1) is 13.9. The Labute approximate surface area is 115 Å². The molecular weight excluding hydrogens is 246 g/mol. The molecule has 102 valence electrons. The summed E-state index contributed by atoms with van der Waals surface area (Å²) in [6.07, 6.45) is 6.27. The molecule has 0 aromatic carbocycles. The van der Waals surface area contributed by atoms with Gasteiger partial charge in [-0.15, -0.1) is 11.6 Å². The lowest BCUT2D eigenvalue weighted by Gasteiger charge is -2.41. The fourth-order valence-electron chi connectivity index (χ4n) is 3.21. The number of aryl methyl sites for hydroxylation is 1. The average molecular weight is 270 g/mol. The summed E-state index contributed by atoms with van der Waals surface area (Å²) in [7, 11) is 1.96. The van der Waals surface area contributed by atoms with E-state index < -0.39 is 0 Å². The van der Waals surface area contributed by atoms with Crippen LogP contribution in [-0.4, -0.2) is 20.1 Å². The van der Waals surface area contributed by atoms with Gasteiger partial charge in [0, 0.05) is 18.8 Å². The maximum atomic E-state index is 6.60. The van der Waals surface area contributed by atoms with Gasteiger partial charge < -0.3 is 0 Å². The van der Waals surface area contributed by atoms with Gasteiger partial charge >= 0.3 is 0 Å². The van der Waals surface area contributed by atoms with Crippen molar-refractivity contribution in [3.63, 3.8) is 0 Å². The molecular formula is C14H24ClN3. The first-order valence-electron chi connectivity index (χ1n) is 6.87. The number of alkyl halides is 1. The zero-order valence-corrected chi connectivity index (χ0v) is 12.6. The second kappa shape index (κ2) is 5.20. The van der Waals surface area contributed by atoms with Crippen molar-refractivity contribution in [1.29, 1.82) is 0 Å². The van der Waals surface area contributed by atoms with Gasteiger partial charge in [-0.25, -0.2) is 4.98 Å². The van der Waals surface area contributed by atoms with E-state index in [-0.39, 0.29) is 5.41 Å². The molecule has 1 fully saturated rings. The largest absolute Gasteiger partial charge is 0.253 e. The molecule has 0 saturated heterocycles. The molecule has 3 nitrogen and oxygen atoms in total. The van der Waals surface area contributed by atoms with E-state index in [4.69, 9.17) is 11.6 Å². The molecule has 1 heterocycles. The van der Waals surface area contributed by atoms with Crippen molar-refractivity contribution in [3.05, 3.63) is 12.2 Å². The van der Waals surface area contributed by atoms with E-state index in [1.165, 1.54) is 12.8 Å². The van der Waals surface area contributed by atoms with E-state index in [2.05, 4.69) is 30.9 Å². The van der Waals surface area contributed by atoms with Crippen LogP contribution in [0.5, 0.6) is 0 Å². The Morgan fingerprint density at radius 2 is 2.17 bits per heavy atom. The first-order valence-corrected chi connectivity index (χ1v) is 7.30. The fourth-order valence-corrected chi connectivity index (χ4v) is 3.98. The predicted molar refractivity (Wildman–Crippen MR) is 74.6 cm³/mol. The molecule has 1 aromatic rings. The third kappa shape index (κ3) is 2.87. The first-order chi connectivity index (χ1) is 8.40. The zero-order chi connectivity index (χ0) is 13.3. The van der Waals surface area contributed by atoms with E-state index in [1.54, 1.807) is 6.33 Å². The number of hydrogen-bond acceptors (Lipinski definition) is 2. The topological polar surface area (TPSA) is 30.7 Å². The van der Waals surface area contributed by atoms with Gasteiger partial charge in [0.2, 0.25) is 0 Å². The van der Waals surface area contributed by atoms with Crippen LogP contribution < -0.4 is 0 Å². The van der Waals surface area contributed by atoms with Gasteiger partial charge in [0.1, 0.15) is 12.2 Å². The summed E-state index contributed by atoms with van der Waals surface area (Å²) < 4.78 is 1.87. The highest BCUT2D eigenvalue weighted by atomic mass is 35.5. The third-order valence-corrected chi connectivity index (χ3v) is 4.94. The minimum atomic E-state index is 0.188. The van der Waals surface area contributed by atoms with E-state index in [0.717, 1.165) is 24.6 Å². The Morgan fingerprint density at radius 1 is 1.44 bits per heavy atom. The molecule has 0 amide bonds. The molecule has 3 atom stereocenters. The Bertz CT molecular complexity index is 399. The predicted octanol–water partition coefficient (Wildman–Crippen LogP) is 3.43. The smallest absolute Gasteiger partial charge is 0.138 e. The molecule has 18 heavy (non-hydrogen) atoms. The quantitative estimate of drug-likeness (QED) is 0.787.